The van der Waals surface area contributed by atoms with Gasteiger partial charge in [-0.3, -0.25) is 0 Å². The second-order valence-corrected chi connectivity index (χ2v) is 19.0. The zero-order valence-electron chi connectivity index (χ0n) is 40.0. The number of fused-ring (bicyclic) bond motifs is 2. The van der Waals surface area contributed by atoms with Crippen LogP contribution in [0.3, 0.4) is 0 Å². The first-order valence-electron chi connectivity index (χ1n) is 21.8. The molecule has 0 unspecified atom stereocenters. The van der Waals surface area contributed by atoms with Gasteiger partial charge in [-0.05, 0) is 350 Å². The first-order valence-corrected chi connectivity index (χ1v) is 21.8. The Hall–Kier alpha value is -4.68. The minimum Gasteiger partial charge on any atom is -0.0440 e. The Morgan fingerprint density at radius 2 is 0.172 bits per heavy atom. The van der Waals surface area contributed by atoms with Crippen LogP contribution >= 0.6 is 0 Å². The van der Waals surface area contributed by atoms with Gasteiger partial charge in [0.2, 0.25) is 0 Å². The Kier molecular flexibility index (Phi) is 8.93. The Morgan fingerprint density at radius 3 is 0.310 bits per heavy atom. The summed E-state index contributed by atoms with van der Waals surface area (Å²) in [6.45, 7) is 51.2. The molecular formula is C58H66. The van der Waals surface area contributed by atoms with E-state index in [-0.39, 0.29) is 0 Å². The molecule has 58 heavy (non-hydrogen) atoms. The average Bonchev–Trinajstić information content (AvgIpc) is 3.18. The van der Waals surface area contributed by atoms with Crippen molar-refractivity contribution in [1.29, 1.82) is 0 Å². The zero-order valence-corrected chi connectivity index (χ0v) is 40.0. The van der Waals surface area contributed by atoms with E-state index in [0.29, 0.717) is 0 Å². The molecule has 0 radical (unpaired) electrons. The molecule has 0 spiro atoms. The molecule has 9 aromatic carbocycles. The number of benzene rings is 9. The zero-order chi connectivity index (χ0) is 42.8. The predicted molar refractivity (Wildman–Crippen MR) is 262 cm³/mol. The summed E-state index contributed by atoms with van der Waals surface area (Å²) in [5, 5.41) is 20.9. The maximum Gasteiger partial charge on any atom is -0.00151 e. The van der Waals surface area contributed by atoms with Gasteiger partial charge in [-0.25, -0.2) is 0 Å². The van der Waals surface area contributed by atoms with Crippen LogP contribution < -0.4 is 0 Å². The second-order valence-electron chi connectivity index (χ2n) is 19.0. The fourth-order valence-electron chi connectivity index (χ4n) is 12.1. The van der Waals surface area contributed by atoms with E-state index in [9.17, 15) is 0 Å². The van der Waals surface area contributed by atoms with E-state index in [1.165, 1.54) is 198 Å². The van der Waals surface area contributed by atoms with Crippen LogP contribution in [0, 0.1) is 152 Å². The molecule has 9 rings (SSSR count). The molecule has 0 nitrogen and oxygen atoms in total. The van der Waals surface area contributed by atoms with Crippen LogP contribution in [0.2, 0.25) is 0 Å². The molecule has 0 aromatic heterocycles. The molecule has 0 atom stereocenters. The molecule has 9 aromatic rings. The molecule has 0 aliphatic carbocycles. The van der Waals surface area contributed by atoms with Crippen molar-refractivity contribution >= 4 is 75.4 Å². The van der Waals surface area contributed by atoms with Crippen LogP contribution in [-0.4, -0.2) is 0 Å². The topological polar surface area (TPSA) is 0 Å². The number of rotatable bonds is 0. The largest absolute Gasteiger partial charge is 0.0440 e. The minimum absolute atomic E-state index is 1.44. The quantitative estimate of drug-likeness (QED) is 0.107. The molecular weight excluding hydrogens is 697 g/mol. The van der Waals surface area contributed by atoms with E-state index in [4.69, 9.17) is 0 Å². The highest BCUT2D eigenvalue weighted by Crippen LogP contribution is 2.52. The van der Waals surface area contributed by atoms with Gasteiger partial charge >= 0.3 is 0 Å². The maximum atomic E-state index is 2.35. The van der Waals surface area contributed by atoms with Crippen LogP contribution in [0.1, 0.15) is 122 Å². The first kappa shape index (κ1) is 40.1. The summed E-state index contributed by atoms with van der Waals surface area (Å²) in [6, 6.07) is 0. The molecule has 0 bridgehead atoms. The molecule has 0 heterocycles. The van der Waals surface area contributed by atoms with Crippen molar-refractivity contribution in [3.8, 4) is 0 Å². The van der Waals surface area contributed by atoms with E-state index in [2.05, 4.69) is 152 Å². The maximum absolute atomic E-state index is 2.35. The Bertz CT molecular complexity index is 2920. The van der Waals surface area contributed by atoms with Gasteiger partial charge in [0.15, 0.2) is 0 Å². The Morgan fingerprint density at radius 1 is 0.0862 bits per heavy atom. The van der Waals surface area contributed by atoms with Crippen molar-refractivity contribution in [3.63, 3.8) is 0 Å². The summed E-state index contributed by atoms with van der Waals surface area (Å²) in [4.78, 5) is 0. The summed E-state index contributed by atoms with van der Waals surface area (Å²) in [5.74, 6) is 0. The van der Waals surface area contributed by atoms with Crippen molar-refractivity contribution in [3.05, 3.63) is 122 Å². The van der Waals surface area contributed by atoms with E-state index in [1.807, 2.05) is 0 Å². The Labute approximate surface area is 348 Å². The average molecular weight is 763 g/mol. The fraction of sp³-hybridized carbons (Fsp3) is 0.379. The SMILES string of the molecule is Cc1c(C)c2c(C)c(C)c(C)c3c4c(C)c(C)c(C)c5c(C)c(C)c(C)c(c(c1C)c23)c54.Cc1c(C)c2c(C)c(C)c3c(C)c(C)c(C)c4c(C)c(C)c(c1C)c2c34. The number of hydrogen-bond donors (Lipinski definition) is 0. The van der Waals surface area contributed by atoms with Crippen molar-refractivity contribution in [2.75, 3.05) is 0 Å². The predicted octanol–water partition coefficient (Wildman–Crippen LogP) is 17.1. The third-order valence-electron chi connectivity index (χ3n) is 17.1. The van der Waals surface area contributed by atoms with E-state index in [1.54, 1.807) is 0 Å². The summed E-state index contributed by atoms with van der Waals surface area (Å²) in [5.41, 5.74) is 31.9. The lowest BCUT2D eigenvalue weighted by Gasteiger charge is -2.28. The molecule has 0 aliphatic rings. The standard InChI is InChI=1S/C32H36.C26H30/c1-13-17(5)25-18(6)14(2)23(11)29-30-24(12)16(4)20(8)26-19(7)15(3)22(10)28(32(26)30)27(21(13)9)31(25)29;1-11-13(3)21-17(7)19(9)23-15(5)12(2)16(6)24-20(10)18(8)22(14(11)4)25(21)26(23)24/h1-12H3;1-10H3. The van der Waals surface area contributed by atoms with Crippen LogP contribution in [0.15, 0.2) is 0 Å². The van der Waals surface area contributed by atoms with Gasteiger partial charge in [-0.1, -0.05) is 0 Å². The third-order valence-corrected chi connectivity index (χ3v) is 17.1. The molecule has 0 N–H and O–H groups in total. The van der Waals surface area contributed by atoms with Gasteiger partial charge in [-0.2, -0.15) is 0 Å². The Balaban J connectivity index is 0.000000165. The lowest BCUT2D eigenvalue weighted by atomic mass is 9.75. The van der Waals surface area contributed by atoms with Crippen molar-refractivity contribution in [1.82, 2.24) is 0 Å². The summed E-state index contributed by atoms with van der Waals surface area (Å²) < 4.78 is 0. The monoisotopic (exact) mass is 763 g/mol. The number of hydrogen-bond acceptors (Lipinski definition) is 0. The lowest BCUT2D eigenvalue weighted by Crippen LogP contribution is -2.05. The number of aryl methyl sites for hydroxylation is 16. The van der Waals surface area contributed by atoms with Gasteiger partial charge in [0.1, 0.15) is 0 Å². The summed E-state index contributed by atoms with van der Waals surface area (Å²) >= 11 is 0. The molecule has 0 amide bonds. The van der Waals surface area contributed by atoms with Crippen molar-refractivity contribution in [2.24, 2.45) is 0 Å². The lowest BCUT2D eigenvalue weighted by molar-refractivity contribution is 1.26. The van der Waals surface area contributed by atoms with Crippen LogP contribution in [0.5, 0.6) is 0 Å². The molecule has 0 aliphatic heterocycles. The fourth-order valence-corrected chi connectivity index (χ4v) is 12.1. The van der Waals surface area contributed by atoms with E-state index >= 15 is 0 Å². The second kappa shape index (κ2) is 12.9. The van der Waals surface area contributed by atoms with Gasteiger partial charge in [-0.15, -0.1) is 0 Å². The highest BCUT2D eigenvalue weighted by atomic mass is 14.3. The summed E-state index contributed by atoms with van der Waals surface area (Å²) in [6.07, 6.45) is 0. The normalized spacial score (nSPS) is 12.3. The van der Waals surface area contributed by atoms with Crippen LogP contribution in [0.25, 0.3) is 75.4 Å². The summed E-state index contributed by atoms with van der Waals surface area (Å²) in [7, 11) is 0. The van der Waals surface area contributed by atoms with Crippen LogP contribution in [0.4, 0.5) is 0 Å². The minimum atomic E-state index is 1.44. The molecule has 0 saturated heterocycles. The van der Waals surface area contributed by atoms with Crippen molar-refractivity contribution < 1.29 is 0 Å². The molecule has 298 valence electrons. The smallest absolute Gasteiger partial charge is 0.00151 e. The van der Waals surface area contributed by atoms with Gasteiger partial charge in [0, 0.05) is 0 Å². The molecule has 0 saturated carbocycles. The molecule has 0 fully saturated rings. The van der Waals surface area contributed by atoms with Gasteiger partial charge < -0.3 is 0 Å². The molecule has 0 heteroatoms. The van der Waals surface area contributed by atoms with E-state index < -0.39 is 0 Å². The van der Waals surface area contributed by atoms with Crippen molar-refractivity contribution in [2.45, 2.75) is 152 Å². The van der Waals surface area contributed by atoms with E-state index in [0.717, 1.165) is 0 Å². The first-order chi connectivity index (χ1) is 27.0. The highest BCUT2D eigenvalue weighted by molar-refractivity contribution is 6.37. The van der Waals surface area contributed by atoms with Crippen LogP contribution in [-0.2, 0) is 0 Å². The van der Waals surface area contributed by atoms with Gasteiger partial charge in [0.05, 0.1) is 0 Å². The third kappa shape index (κ3) is 4.64. The van der Waals surface area contributed by atoms with Gasteiger partial charge in [0.25, 0.3) is 0 Å². The highest BCUT2D eigenvalue weighted by Gasteiger charge is 2.28.